The van der Waals surface area contributed by atoms with E-state index < -0.39 is 0 Å². The Morgan fingerprint density at radius 2 is 2.05 bits per heavy atom. The zero-order valence-corrected chi connectivity index (χ0v) is 11.0. The third-order valence-corrected chi connectivity index (χ3v) is 2.59. The van der Waals surface area contributed by atoms with Gasteiger partial charge in [-0.3, -0.25) is 4.79 Å². The number of carbonyl (C=O) groups excluding carboxylic acids is 1. The van der Waals surface area contributed by atoms with E-state index in [2.05, 4.69) is 22.0 Å². The summed E-state index contributed by atoms with van der Waals surface area (Å²) in [5.41, 5.74) is 0.890. The van der Waals surface area contributed by atoms with Crippen molar-refractivity contribution in [3.05, 3.63) is 60.2 Å². The summed E-state index contributed by atoms with van der Waals surface area (Å²) < 4.78 is 12.8. The fourth-order valence-corrected chi connectivity index (χ4v) is 1.47. The summed E-state index contributed by atoms with van der Waals surface area (Å²) in [6.45, 7) is 6.28. The molecule has 1 aromatic heterocycles. The minimum Gasteiger partial charge on any atom is -0.289 e. The molecule has 1 heterocycles. The highest BCUT2D eigenvalue weighted by molar-refractivity contribution is 6.05. The van der Waals surface area contributed by atoms with Crippen LogP contribution in [0.5, 0.6) is 0 Å². The van der Waals surface area contributed by atoms with Gasteiger partial charge < -0.3 is 0 Å². The molecular formula is C14H13FN4O. The predicted octanol–water partition coefficient (Wildman–Crippen LogP) is 2.28. The Morgan fingerprint density at radius 1 is 1.35 bits per heavy atom. The number of carbonyl (C=O) groups is 1. The molecule has 0 fully saturated rings. The molecule has 0 amide bonds. The molecule has 0 saturated heterocycles. The number of ketones is 1. The molecule has 0 radical (unpaired) electrons. The normalized spacial score (nSPS) is 10.9. The summed E-state index contributed by atoms with van der Waals surface area (Å²) in [4.78, 5) is 13.3. The van der Waals surface area contributed by atoms with Crippen molar-refractivity contribution in [1.82, 2.24) is 20.2 Å². The number of tetrazole rings is 1. The molecule has 5 nitrogen and oxygen atoms in total. The van der Waals surface area contributed by atoms with Gasteiger partial charge >= 0.3 is 0 Å². The highest BCUT2D eigenvalue weighted by Crippen LogP contribution is 2.09. The van der Waals surface area contributed by atoms with Crippen LogP contribution in [0.25, 0.3) is 5.57 Å². The monoisotopic (exact) mass is 272 g/mol. The fourth-order valence-electron chi connectivity index (χ4n) is 1.47. The van der Waals surface area contributed by atoms with Crippen molar-refractivity contribution in [2.75, 3.05) is 0 Å². The lowest BCUT2D eigenvalue weighted by Crippen LogP contribution is -1.98. The van der Waals surface area contributed by atoms with Gasteiger partial charge in [0, 0.05) is 11.1 Å². The Morgan fingerprint density at radius 3 is 2.65 bits per heavy atom. The second kappa shape index (κ2) is 6.01. The van der Waals surface area contributed by atoms with Gasteiger partial charge in [0.15, 0.2) is 5.78 Å². The number of benzene rings is 1. The smallest absolute Gasteiger partial charge is 0.204 e. The summed E-state index contributed by atoms with van der Waals surface area (Å²) in [6.07, 6.45) is 2.87. The maximum atomic E-state index is 12.8. The summed E-state index contributed by atoms with van der Waals surface area (Å²) in [7, 11) is 0. The molecule has 2 rings (SSSR count). The van der Waals surface area contributed by atoms with E-state index in [1.807, 2.05) is 6.92 Å². The number of rotatable bonds is 5. The average Bonchev–Trinajstić information content (AvgIpc) is 2.94. The largest absolute Gasteiger partial charge is 0.289 e. The van der Waals surface area contributed by atoms with Gasteiger partial charge in [-0.05, 0) is 48.6 Å². The van der Waals surface area contributed by atoms with Gasteiger partial charge in [0.1, 0.15) is 5.82 Å². The Balaban J connectivity index is 2.06. The summed E-state index contributed by atoms with van der Waals surface area (Å²) in [6, 6.07) is 5.33. The quantitative estimate of drug-likeness (QED) is 0.476. The first-order valence-electron chi connectivity index (χ1n) is 6.05. The zero-order valence-electron chi connectivity index (χ0n) is 11.0. The summed E-state index contributed by atoms with van der Waals surface area (Å²) in [5.74, 6) is -0.251. The van der Waals surface area contributed by atoms with Crippen molar-refractivity contribution in [3.63, 3.8) is 0 Å². The van der Waals surface area contributed by atoms with E-state index in [9.17, 15) is 9.18 Å². The van der Waals surface area contributed by atoms with E-state index in [1.54, 1.807) is 0 Å². The molecule has 2 aromatic rings. The maximum Gasteiger partial charge on any atom is 0.204 e. The first-order chi connectivity index (χ1) is 9.60. The van der Waals surface area contributed by atoms with Gasteiger partial charge in [-0.15, -0.1) is 10.2 Å². The number of hydrogen-bond acceptors (Lipinski definition) is 4. The lowest BCUT2D eigenvalue weighted by atomic mass is 10.1. The lowest BCUT2D eigenvalue weighted by molar-refractivity contribution is 0.104. The molecule has 6 heteroatoms. The van der Waals surface area contributed by atoms with E-state index in [1.165, 1.54) is 41.2 Å². The van der Waals surface area contributed by atoms with Crippen molar-refractivity contribution in [1.29, 1.82) is 0 Å². The van der Waals surface area contributed by atoms with Crippen LogP contribution in [0.3, 0.4) is 0 Å². The molecular weight excluding hydrogens is 259 g/mol. The highest BCUT2D eigenvalue weighted by atomic mass is 19.1. The molecule has 20 heavy (non-hydrogen) atoms. The SMILES string of the molecule is C=C(C=CC(=O)c1ccc(F)cc1)c1nnn(CC)n1. The molecule has 102 valence electrons. The molecule has 0 N–H and O–H groups in total. The van der Waals surface area contributed by atoms with Crippen LogP contribution in [0.1, 0.15) is 23.1 Å². The van der Waals surface area contributed by atoms with E-state index in [4.69, 9.17) is 0 Å². The van der Waals surface area contributed by atoms with Crippen molar-refractivity contribution in [2.24, 2.45) is 0 Å². The summed E-state index contributed by atoms with van der Waals surface area (Å²) >= 11 is 0. The first kappa shape index (κ1) is 13.8. The van der Waals surface area contributed by atoms with Crippen molar-refractivity contribution in [3.8, 4) is 0 Å². The zero-order chi connectivity index (χ0) is 14.5. The molecule has 0 spiro atoms. The topological polar surface area (TPSA) is 60.7 Å². The number of hydrogen-bond donors (Lipinski definition) is 0. The van der Waals surface area contributed by atoms with Crippen molar-refractivity contribution < 1.29 is 9.18 Å². The van der Waals surface area contributed by atoms with Gasteiger partial charge in [0.2, 0.25) is 5.82 Å². The Bertz CT molecular complexity index is 658. The number of aromatic nitrogens is 4. The van der Waals surface area contributed by atoms with Crippen molar-refractivity contribution >= 4 is 11.4 Å². The van der Waals surface area contributed by atoms with Crippen LogP contribution in [-0.2, 0) is 6.54 Å². The number of allylic oxidation sites excluding steroid dienone is 3. The van der Waals surface area contributed by atoms with E-state index in [0.717, 1.165) is 0 Å². The standard InChI is InChI=1S/C14H13FN4O/c1-3-19-17-14(16-18-19)10(2)4-9-13(20)11-5-7-12(15)8-6-11/h4-9H,2-3H2,1H3. The van der Waals surface area contributed by atoms with Gasteiger partial charge in [0.05, 0.1) is 6.54 Å². The second-order valence-corrected chi connectivity index (χ2v) is 4.03. The maximum absolute atomic E-state index is 12.8. The molecule has 0 aliphatic rings. The van der Waals surface area contributed by atoms with Gasteiger partial charge in [0.25, 0.3) is 0 Å². The van der Waals surface area contributed by atoms with Gasteiger partial charge in [-0.1, -0.05) is 6.58 Å². The van der Waals surface area contributed by atoms with Crippen LogP contribution in [0.4, 0.5) is 4.39 Å². The van der Waals surface area contributed by atoms with Crippen LogP contribution in [0.15, 0.2) is 43.0 Å². The number of halogens is 1. The molecule has 0 bridgehead atoms. The number of nitrogens with zero attached hydrogens (tertiary/aromatic N) is 4. The molecule has 0 aliphatic carbocycles. The van der Waals surface area contributed by atoms with Gasteiger partial charge in [-0.25, -0.2) is 4.39 Å². The molecule has 0 saturated carbocycles. The van der Waals surface area contributed by atoms with Gasteiger partial charge in [-0.2, -0.15) is 4.80 Å². The first-order valence-corrected chi connectivity index (χ1v) is 6.05. The third-order valence-electron chi connectivity index (χ3n) is 2.59. The third kappa shape index (κ3) is 3.23. The van der Waals surface area contributed by atoms with Crippen LogP contribution >= 0.6 is 0 Å². The minimum absolute atomic E-state index is 0.242. The van der Waals surface area contributed by atoms with Crippen LogP contribution in [0.2, 0.25) is 0 Å². The Kier molecular flexibility index (Phi) is 4.14. The second-order valence-electron chi connectivity index (χ2n) is 4.03. The Hall–Kier alpha value is -2.63. The lowest BCUT2D eigenvalue weighted by Gasteiger charge is -1.95. The van der Waals surface area contributed by atoms with Crippen LogP contribution < -0.4 is 0 Å². The molecule has 1 aromatic carbocycles. The average molecular weight is 272 g/mol. The molecule has 0 unspecified atom stereocenters. The number of aryl methyl sites for hydroxylation is 1. The predicted molar refractivity (Wildman–Crippen MR) is 72.4 cm³/mol. The van der Waals surface area contributed by atoms with E-state index >= 15 is 0 Å². The summed E-state index contributed by atoms with van der Waals surface area (Å²) in [5, 5.41) is 11.7. The highest BCUT2D eigenvalue weighted by Gasteiger charge is 2.05. The fraction of sp³-hybridized carbons (Fsp3) is 0.143. The van der Waals surface area contributed by atoms with E-state index in [-0.39, 0.29) is 11.6 Å². The molecule has 0 atom stereocenters. The van der Waals surface area contributed by atoms with E-state index in [0.29, 0.717) is 23.5 Å². The van der Waals surface area contributed by atoms with Crippen LogP contribution in [0, 0.1) is 5.82 Å². The Labute approximate surface area is 115 Å². The minimum atomic E-state index is -0.379. The molecule has 0 aliphatic heterocycles. The van der Waals surface area contributed by atoms with Crippen molar-refractivity contribution in [2.45, 2.75) is 13.5 Å². The van der Waals surface area contributed by atoms with Crippen LogP contribution in [-0.4, -0.2) is 26.0 Å².